The van der Waals surface area contributed by atoms with Crippen LogP contribution in [0.5, 0.6) is 11.5 Å². The van der Waals surface area contributed by atoms with Crippen LogP contribution in [0.1, 0.15) is 11.3 Å². The van der Waals surface area contributed by atoms with Crippen molar-refractivity contribution in [2.24, 2.45) is 0 Å². The van der Waals surface area contributed by atoms with E-state index < -0.39 is 11.7 Å². The molecule has 6 nitrogen and oxygen atoms in total. The third-order valence-corrected chi connectivity index (χ3v) is 4.81. The fourth-order valence-corrected chi connectivity index (χ4v) is 3.36. The van der Waals surface area contributed by atoms with Crippen molar-refractivity contribution in [2.75, 3.05) is 24.9 Å². The Labute approximate surface area is 174 Å². The highest BCUT2D eigenvalue weighted by molar-refractivity contribution is 7.13. The first-order valence-corrected chi connectivity index (χ1v) is 9.57. The molecule has 1 amide bonds. The number of halogens is 3. The number of hydrogen-bond acceptors (Lipinski definition) is 6. The summed E-state index contributed by atoms with van der Waals surface area (Å²) in [7, 11) is 3.01. The highest BCUT2D eigenvalue weighted by Crippen LogP contribution is 2.32. The zero-order valence-corrected chi connectivity index (χ0v) is 16.9. The number of aromatic nitrogens is 1. The lowest BCUT2D eigenvalue weighted by atomic mass is 10.2. The zero-order chi connectivity index (χ0) is 21.7. The van der Waals surface area contributed by atoms with Crippen LogP contribution in [-0.4, -0.2) is 25.1 Å². The third-order valence-electron chi connectivity index (χ3n) is 4.00. The Hall–Kier alpha value is -3.27. The number of nitrogens with zero attached hydrogens (tertiary/aromatic N) is 1. The standard InChI is InChI=1S/C20H18F3N3O3S/c1-28-16-7-6-14(9-17(16)29-2)24-18(27)10-15-11-30-19(26-15)25-13-5-3-4-12(8-13)20(21,22)23/h3-9,11H,10H2,1-2H3,(H,24,27)(H,25,26). The minimum atomic E-state index is -4.42. The summed E-state index contributed by atoms with van der Waals surface area (Å²) in [6.45, 7) is 0. The van der Waals surface area contributed by atoms with Gasteiger partial charge < -0.3 is 20.1 Å². The van der Waals surface area contributed by atoms with Gasteiger partial charge in [0.2, 0.25) is 5.91 Å². The molecule has 0 saturated carbocycles. The normalized spacial score (nSPS) is 11.1. The number of alkyl halides is 3. The molecule has 2 aromatic carbocycles. The van der Waals surface area contributed by atoms with E-state index in [1.54, 1.807) is 23.6 Å². The lowest BCUT2D eigenvalue weighted by molar-refractivity contribution is -0.137. The van der Waals surface area contributed by atoms with Crippen LogP contribution in [0.4, 0.5) is 29.7 Å². The fourth-order valence-electron chi connectivity index (χ4n) is 2.63. The lowest BCUT2D eigenvalue weighted by Crippen LogP contribution is -2.14. The van der Waals surface area contributed by atoms with Gasteiger partial charge in [0.25, 0.3) is 0 Å². The molecule has 0 aliphatic heterocycles. The van der Waals surface area contributed by atoms with E-state index in [1.807, 2.05) is 0 Å². The molecule has 3 rings (SSSR count). The Morgan fingerprint density at radius 3 is 2.53 bits per heavy atom. The van der Waals surface area contributed by atoms with Crippen LogP contribution in [0.2, 0.25) is 0 Å². The Bertz CT molecular complexity index is 1040. The first-order chi connectivity index (χ1) is 14.3. The van der Waals surface area contributed by atoms with E-state index in [-0.39, 0.29) is 18.0 Å². The van der Waals surface area contributed by atoms with Gasteiger partial charge in [-0.3, -0.25) is 4.79 Å². The maximum absolute atomic E-state index is 12.8. The number of hydrogen-bond donors (Lipinski definition) is 2. The summed E-state index contributed by atoms with van der Waals surface area (Å²) in [5.41, 5.74) is 0.543. The zero-order valence-electron chi connectivity index (χ0n) is 16.0. The molecule has 1 heterocycles. The van der Waals surface area contributed by atoms with E-state index in [1.165, 1.54) is 37.7 Å². The van der Waals surface area contributed by atoms with Crippen LogP contribution in [0.15, 0.2) is 47.8 Å². The van der Waals surface area contributed by atoms with Crippen LogP contribution in [-0.2, 0) is 17.4 Å². The number of rotatable bonds is 7. The smallest absolute Gasteiger partial charge is 0.416 e. The van der Waals surface area contributed by atoms with Crippen molar-refractivity contribution >= 4 is 33.8 Å². The molecule has 0 radical (unpaired) electrons. The molecule has 0 fully saturated rings. The van der Waals surface area contributed by atoms with E-state index >= 15 is 0 Å². The quantitative estimate of drug-likeness (QED) is 0.538. The van der Waals surface area contributed by atoms with E-state index in [4.69, 9.17) is 9.47 Å². The topological polar surface area (TPSA) is 72.5 Å². The summed E-state index contributed by atoms with van der Waals surface area (Å²) in [5, 5.41) is 7.64. The van der Waals surface area contributed by atoms with Crippen molar-refractivity contribution in [3.63, 3.8) is 0 Å². The van der Waals surface area contributed by atoms with Crippen molar-refractivity contribution in [2.45, 2.75) is 12.6 Å². The highest BCUT2D eigenvalue weighted by atomic mass is 32.1. The van der Waals surface area contributed by atoms with Gasteiger partial charge in [-0.05, 0) is 30.3 Å². The first kappa shape index (κ1) is 21.4. The minimum Gasteiger partial charge on any atom is -0.493 e. The molecule has 10 heteroatoms. The van der Waals surface area contributed by atoms with Gasteiger partial charge in [-0.25, -0.2) is 4.98 Å². The second-order valence-corrected chi connectivity index (χ2v) is 7.00. The first-order valence-electron chi connectivity index (χ1n) is 8.69. The molecule has 0 aliphatic rings. The number of benzene rings is 2. The number of anilines is 3. The van der Waals surface area contributed by atoms with Crippen LogP contribution in [0, 0.1) is 0 Å². The van der Waals surface area contributed by atoms with Crippen molar-refractivity contribution in [3.8, 4) is 11.5 Å². The van der Waals surface area contributed by atoms with E-state index in [2.05, 4.69) is 15.6 Å². The van der Waals surface area contributed by atoms with E-state index in [9.17, 15) is 18.0 Å². The van der Waals surface area contributed by atoms with Gasteiger partial charge >= 0.3 is 6.18 Å². The lowest BCUT2D eigenvalue weighted by Gasteiger charge is -2.10. The molecule has 30 heavy (non-hydrogen) atoms. The monoisotopic (exact) mass is 437 g/mol. The molecular formula is C20H18F3N3O3S. The van der Waals surface area contributed by atoms with Gasteiger partial charge in [0, 0.05) is 22.8 Å². The molecule has 0 unspecified atom stereocenters. The molecule has 0 spiro atoms. The predicted octanol–water partition coefficient (Wildman–Crippen LogP) is 5.10. The molecule has 158 valence electrons. The van der Waals surface area contributed by atoms with Crippen molar-refractivity contribution < 1.29 is 27.4 Å². The van der Waals surface area contributed by atoms with Gasteiger partial charge in [-0.2, -0.15) is 13.2 Å². The SMILES string of the molecule is COc1ccc(NC(=O)Cc2csc(Nc3cccc(C(F)(F)F)c3)n2)cc1OC. The maximum atomic E-state index is 12.8. The predicted molar refractivity (Wildman–Crippen MR) is 109 cm³/mol. The molecule has 0 aliphatic carbocycles. The Morgan fingerprint density at radius 1 is 1.07 bits per heavy atom. The fraction of sp³-hybridized carbons (Fsp3) is 0.200. The Balaban J connectivity index is 1.62. The molecular weight excluding hydrogens is 419 g/mol. The number of methoxy groups -OCH3 is 2. The second kappa shape index (κ2) is 9.04. The third kappa shape index (κ3) is 5.41. The summed E-state index contributed by atoms with van der Waals surface area (Å²) in [6, 6.07) is 9.83. The summed E-state index contributed by atoms with van der Waals surface area (Å²) < 4.78 is 48.8. The summed E-state index contributed by atoms with van der Waals surface area (Å²) >= 11 is 1.20. The van der Waals surface area contributed by atoms with Crippen LogP contribution >= 0.6 is 11.3 Å². The van der Waals surface area contributed by atoms with E-state index in [0.717, 1.165) is 12.1 Å². The average Bonchev–Trinajstić information content (AvgIpc) is 3.13. The largest absolute Gasteiger partial charge is 0.493 e. The maximum Gasteiger partial charge on any atom is 0.416 e. The molecule has 0 saturated heterocycles. The van der Waals surface area contributed by atoms with Crippen LogP contribution < -0.4 is 20.1 Å². The van der Waals surface area contributed by atoms with E-state index in [0.29, 0.717) is 28.0 Å². The Morgan fingerprint density at radius 2 is 1.83 bits per heavy atom. The molecule has 2 N–H and O–H groups in total. The number of carbonyl (C=O) groups is 1. The van der Waals surface area contributed by atoms with Crippen LogP contribution in [0.25, 0.3) is 0 Å². The van der Waals surface area contributed by atoms with Gasteiger partial charge in [0.1, 0.15) is 0 Å². The molecule has 1 aromatic heterocycles. The van der Waals surface area contributed by atoms with Gasteiger partial charge in [0.05, 0.1) is 31.9 Å². The number of thiazole rings is 1. The number of amides is 1. The summed E-state index contributed by atoms with van der Waals surface area (Å²) in [4.78, 5) is 16.6. The molecule has 0 atom stereocenters. The molecule has 0 bridgehead atoms. The van der Waals surface area contributed by atoms with Gasteiger partial charge in [0.15, 0.2) is 16.6 Å². The number of ether oxygens (including phenoxy) is 2. The summed E-state index contributed by atoms with van der Waals surface area (Å²) in [5.74, 6) is 0.731. The van der Waals surface area contributed by atoms with Crippen molar-refractivity contribution in [1.82, 2.24) is 4.98 Å². The van der Waals surface area contributed by atoms with Gasteiger partial charge in [-0.15, -0.1) is 11.3 Å². The number of nitrogens with one attached hydrogen (secondary N) is 2. The second-order valence-electron chi connectivity index (χ2n) is 6.14. The van der Waals surface area contributed by atoms with Gasteiger partial charge in [-0.1, -0.05) is 6.07 Å². The molecule has 3 aromatic rings. The van der Waals surface area contributed by atoms with Crippen LogP contribution in [0.3, 0.4) is 0 Å². The summed E-state index contributed by atoms with van der Waals surface area (Å²) in [6.07, 6.45) is -4.41. The Kier molecular flexibility index (Phi) is 6.46. The van der Waals surface area contributed by atoms with Crippen molar-refractivity contribution in [3.05, 3.63) is 59.1 Å². The minimum absolute atomic E-state index is 0.00904. The highest BCUT2D eigenvalue weighted by Gasteiger charge is 2.30. The number of carbonyl (C=O) groups excluding carboxylic acids is 1. The average molecular weight is 437 g/mol. The van der Waals surface area contributed by atoms with Crippen molar-refractivity contribution in [1.29, 1.82) is 0 Å².